The van der Waals surface area contributed by atoms with Crippen LogP contribution in [0.4, 0.5) is 0 Å². The zero-order chi connectivity index (χ0) is 41.4. The maximum atomic E-state index is 6.50. The molecular weight excluding hydrogens is 769 g/mol. The van der Waals surface area contributed by atoms with Crippen LogP contribution in [0.15, 0.2) is 223 Å². The van der Waals surface area contributed by atoms with Crippen LogP contribution in [0, 0.1) is 0 Å². The Labute approximate surface area is 362 Å². The minimum absolute atomic E-state index is 0.653. The molecule has 0 amide bonds. The van der Waals surface area contributed by atoms with Gasteiger partial charge in [0.25, 0.3) is 0 Å². The van der Waals surface area contributed by atoms with Gasteiger partial charge in [0.05, 0.1) is 22.1 Å². The molecule has 0 radical (unpaired) electrons. The smallest absolute Gasteiger partial charge is 0.180 e. The summed E-state index contributed by atoms with van der Waals surface area (Å²) in [5.41, 5.74) is 16.4. The summed E-state index contributed by atoms with van der Waals surface area (Å²) in [6.07, 6.45) is 0. The summed E-state index contributed by atoms with van der Waals surface area (Å²) >= 11 is 0. The molecule has 5 nitrogen and oxygen atoms in total. The fourth-order valence-electron chi connectivity index (χ4n) is 9.66. The number of hydrogen-bond acceptors (Lipinski definition) is 3. The van der Waals surface area contributed by atoms with Crippen molar-refractivity contribution in [3.8, 4) is 56.3 Å². The van der Waals surface area contributed by atoms with Gasteiger partial charge in [0.1, 0.15) is 16.8 Å². The Morgan fingerprint density at radius 3 is 1.49 bits per heavy atom. The average Bonchev–Trinajstić information content (AvgIpc) is 4.02. The van der Waals surface area contributed by atoms with Crippen LogP contribution in [-0.2, 0) is 0 Å². The molecule has 4 aromatic heterocycles. The van der Waals surface area contributed by atoms with E-state index in [2.05, 4.69) is 191 Å². The van der Waals surface area contributed by atoms with Gasteiger partial charge in [0.15, 0.2) is 11.4 Å². The Balaban J connectivity index is 1.07. The Hall–Kier alpha value is -8.54. The first-order chi connectivity index (χ1) is 31.2. The first-order valence-electron chi connectivity index (χ1n) is 21.3. The molecule has 9 aromatic carbocycles. The zero-order valence-corrected chi connectivity index (χ0v) is 34.0. The number of fused-ring (bicyclic) bond motifs is 9. The highest BCUT2D eigenvalue weighted by molar-refractivity contribution is 6.17. The standard InChI is InChI=1S/C58H36N4O/c1-5-16-37(17-6-1)39-28-31-49-46(34-39)47-35-40(29-32-50(47)61(49)42-20-9-3-10-21-42)41-30-33-51-48(36-41)54-45(25-15-26-52(54)62(51)43-22-11-4-12-23-43)58-59-55(38-18-7-2-8-19-38)57-56(60-58)44-24-13-14-27-53(44)63-57/h1-36H. The quantitative estimate of drug-likeness (QED) is 0.168. The lowest BCUT2D eigenvalue weighted by Gasteiger charge is -2.09. The van der Waals surface area contributed by atoms with Crippen LogP contribution in [0.25, 0.3) is 122 Å². The number of furan rings is 1. The van der Waals surface area contributed by atoms with Crippen LogP contribution >= 0.6 is 0 Å². The van der Waals surface area contributed by atoms with Crippen molar-refractivity contribution in [2.45, 2.75) is 0 Å². The Kier molecular flexibility index (Phi) is 7.84. The van der Waals surface area contributed by atoms with Crippen molar-refractivity contribution in [2.24, 2.45) is 0 Å². The van der Waals surface area contributed by atoms with Gasteiger partial charge in [0, 0.05) is 49.4 Å². The largest absolute Gasteiger partial charge is 0.452 e. The zero-order valence-electron chi connectivity index (χ0n) is 34.0. The van der Waals surface area contributed by atoms with Crippen molar-refractivity contribution < 1.29 is 4.42 Å². The summed E-state index contributed by atoms with van der Waals surface area (Å²) in [5, 5.41) is 5.61. The topological polar surface area (TPSA) is 48.8 Å². The van der Waals surface area contributed by atoms with E-state index in [1.165, 1.54) is 32.9 Å². The van der Waals surface area contributed by atoms with E-state index >= 15 is 0 Å². The van der Waals surface area contributed by atoms with E-state index in [4.69, 9.17) is 14.4 Å². The first kappa shape index (κ1) is 35.2. The third-order valence-electron chi connectivity index (χ3n) is 12.5. The lowest BCUT2D eigenvalue weighted by atomic mass is 9.98. The summed E-state index contributed by atoms with van der Waals surface area (Å²) < 4.78 is 11.2. The van der Waals surface area contributed by atoms with Crippen molar-refractivity contribution in [3.05, 3.63) is 218 Å². The molecule has 13 rings (SSSR count). The summed E-state index contributed by atoms with van der Waals surface area (Å²) in [5.74, 6) is 0.653. The molecule has 0 atom stereocenters. The van der Waals surface area contributed by atoms with E-state index < -0.39 is 0 Å². The van der Waals surface area contributed by atoms with Crippen LogP contribution in [0.2, 0.25) is 0 Å². The predicted molar refractivity (Wildman–Crippen MR) is 260 cm³/mol. The highest BCUT2D eigenvalue weighted by Crippen LogP contribution is 2.43. The van der Waals surface area contributed by atoms with Crippen LogP contribution in [0.5, 0.6) is 0 Å². The normalized spacial score (nSPS) is 11.8. The first-order valence-corrected chi connectivity index (χ1v) is 21.3. The lowest BCUT2D eigenvalue weighted by molar-refractivity contribution is 0.667. The van der Waals surface area contributed by atoms with Gasteiger partial charge in [-0.25, -0.2) is 9.97 Å². The molecule has 0 fully saturated rings. The maximum absolute atomic E-state index is 6.50. The molecule has 0 bridgehead atoms. The Bertz CT molecular complexity index is 3890. The number of nitrogens with zero attached hydrogens (tertiary/aromatic N) is 4. The van der Waals surface area contributed by atoms with Gasteiger partial charge in [-0.05, 0) is 101 Å². The van der Waals surface area contributed by atoms with Gasteiger partial charge in [0.2, 0.25) is 0 Å². The van der Waals surface area contributed by atoms with Gasteiger partial charge < -0.3 is 13.6 Å². The monoisotopic (exact) mass is 804 g/mol. The summed E-state index contributed by atoms with van der Waals surface area (Å²) in [4.78, 5) is 10.7. The number of hydrogen-bond donors (Lipinski definition) is 0. The molecule has 0 saturated heterocycles. The van der Waals surface area contributed by atoms with Crippen LogP contribution in [0.1, 0.15) is 0 Å². The van der Waals surface area contributed by atoms with Crippen molar-refractivity contribution in [1.82, 2.24) is 19.1 Å². The van der Waals surface area contributed by atoms with Gasteiger partial charge in [-0.2, -0.15) is 0 Å². The lowest BCUT2D eigenvalue weighted by Crippen LogP contribution is -1.95. The minimum atomic E-state index is 0.653. The molecule has 13 aromatic rings. The van der Waals surface area contributed by atoms with E-state index in [9.17, 15) is 0 Å². The second kappa shape index (κ2) is 14.0. The number of benzene rings is 9. The molecule has 4 heterocycles. The molecule has 0 aliphatic carbocycles. The second-order valence-electron chi connectivity index (χ2n) is 16.1. The van der Waals surface area contributed by atoms with Crippen LogP contribution in [-0.4, -0.2) is 19.1 Å². The Morgan fingerprint density at radius 1 is 0.349 bits per heavy atom. The molecule has 0 saturated carbocycles. The number of aromatic nitrogens is 4. The van der Waals surface area contributed by atoms with Crippen LogP contribution in [0.3, 0.4) is 0 Å². The number of rotatable bonds is 6. The van der Waals surface area contributed by atoms with Gasteiger partial charge in [-0.15, -0.1) is 0 Å². The van der Waals surface area contributed by atoms with E-state index in [-0.39, 0.29) is 0 Å². The van der Waals surface area contributed by atoms with E-state index in [1.807, 2.05) is 36.4 Å². The SMILES string of the molecule is c1ccc(-c2ccc3c(c2)c2cc(-c4ccc5c(c4)c4c(-c6nc(-c7ccccc7)c7oc8ccccc8c7n6)cccc4n5-c4ccccc4)ccc2n3-c2ccccc2)cc1. The molecule has 0 unspecified atom stereocenters. The molecule has 63 heavy (non-hydrogen) atoms. The number of para-hydroxylation sites is 3. The van der Waals surface area contributed by atoms with Gasteiger partial charge in [-0.3, -0.25) is 0 Å². The summed E-state index contributed by atoms with van der Waals surface area (Å²) in [7, 11) is 0. The average molecular weight is 805 g/mol. The van der Waals surface area contributed by atoms with Crippen molar-refractivity contribution >= 4 is 65.7 Å². The molecule has 0 N–H and O–H groups in total. The van der Waals surface area contributed by atoms with Crippen molar-refractivity contribution in [2.75, 3.05) is 0 Å². The van der Waals surface area contributed by atoms with Gasteiger partial charge >= 0.3 is 0 Å². The van der Waals surface area contributed by atoms with Crippen LogP contribution < -0.4 is 0 Å². The third-order valence-corrected chi connectivity index (χ3v) is 12.5. The summed E-state index contributed by atoms with van der Waals surface area (Å²) in [6, 6.07) is 77.5. The fraction of sp³-hybridized carbons (Fsp3) is 0. The molecular formula is C58H36N4O. The molecule has 0 spiro atoms. The second-order valence-corrected chi connectivity index (χ2v) is 16.1. The van der Waals surface area contributed by atoms with E-state index in [0.29, 0.717) is 11.4 Å². The molecule has 294 valence electrons. The van der Waals surface area contributed by atoms with Gasteiger partial charge in [-0.1, -0.05) is 140 Å². The highest BCUT2D eigenvalue weighted by Gasteiger charge is 2.23. The summed E-state index contributed by atoms with van der Waals surface area (Å²) in [6.45, 7) is 0. The molecule has 0 aliphatic heterocycles. The predicted octanol–water partition coefficient (Wildman–Crippen LogP) is 15.2. The minimum Gasteiger partial charge on any atom is -0.452 e. The van der Waals surface area contributed by atoms with E-state index in [1.54, 1.807) is 0 Å². The van der Waals surface area contributed by atoms with E-state index in [0.717, 1.165) is 77.6 Å². The maximum Gasteiger partial charge on any atom is 0.180 e. The fourth-order valence-corrected chi connectivity index (χ4v) is 9.66. The highest BCUT2D eigenvalue weighted by atomic mass is 16.3. The van der Waals surface area contributed by atoms with Crippen molar-refractivity contribution in [3.63, 3.8) is 0 Å². The molecule has 5 heteroatoms. The Morgan fingerprint density at radius 2 is 0.857 bits per heavy atom. The van der Waals surface area contributed by atoms with Crippen molar-refractivity contribution in [1.29, 1.82) is 0 Å². The third kappa shape index (κ3) is 5.57. The molecule has 0 aliphatic rings.